The zero-order valence-corrected chi connectivity index (χ0v) is 19.2. The number of quaternary nitrogens is 1. The molecule has 4 rings (SSSR count). The smallest absolute Gasteiger partial charge is 0.343 e. The first-order chi connectivity index (χ1) is 15.7. The number of ether oxygens (including phenoxy) is 1. The highest BCUT2D eigenvalue weighted by molar-refractivity contribution is 6.21. The van der Waals surface area contributed by atoms with E-state index in [4.69, 9.17) is 4.74 Å². The van der Waals surface area contributed by atoms with Crippen molar-refractivity contribution >= 4 is 17.8 Å². The van der Waals surface area contributed by atoms with Crippen LogP contribution in [0.3, 0.4) is 0 Å². The number of carbonyl (C=O) groups excluding carboxylic acids is 3. The Morgan fingerprint density at radius 1 is 1.00 bits per heavy atom. The number of hydrogen-bond acceptors (Lipinski definition) is 5. The number of amides is 2. The van der Waals surface area contributed by atoms with Crippen LogP contribution in [0.25, 0.3) is 0 Å². The number of hydrogen-bond donors (Lipinski definition) is 1. The lowest BCUT2D eigenvalue weighted by atomic mass is 9.80. The molecule has 1 fully saturated rings. The van der Waals surface area contributed by atoms with Gasteiger partial charge in [-0.25, -0.2) is 9.69 Å². The fourth-order valence-corrected chi connectivity index (χ4v) is 4.87. The lowest BCUT2D eigenvalue weighted by molar-refractivity contribution is -0.897. The van der Waals surface area contributed by atoms with E-state index >= 15 is 0 Å². The van der Waals surface area contributed by atoms with E-state index in [0.717, 1.165) is 25.7 Å². The molecule has 2 aromatic rings. The standard InChI is InChI=1S/C26H31N2O5/c1-28(2,18-27-23(29)21-14-8-9-15-22(21)24(27)30)16-17-33-25(31)26(32,20-12-6-7-13-20)19-10-4-3-5-11-19/h3-5,8-11,14-15,20,32H,6-7,12-13,16-18H2,1-2H3/q+1. The van der Waals surface area contributed by atoms with Gasteiger partial charge >= 0.3 is 5.97 Å². The average molecular weight is 452 g/mol. The fraction of sp³-hybridized carbons (Fsp3) is 0.423. The molecule has 2 amide bonds. The monoisotopic (exact) mass is 451 g/mol. The molecular weight excluding hydrogens is 420 g/mol. The molecule has 1 aliphatic carbocycles. The van der Waals surface area contributed by atoms with Crippen LogP contribution in [0.5, 0.6) is 0 Å². The maximum atomic E-state index is 13.1. The third kappa shape index (κ3) is 4.43. The van der Waals surface area contributed by atoms with Gasteiger partial charge in [0, 0.05) is 5.92 Å². The van der Waals surface area contributed by atoms with Crippen LogP contribution in [0.1, 0.15) is 52.0 Å². The molecule has 0 spiro atoms. The Hall–Kier alpha value is -3.03. The third-order valence-electron chi connectivity index (χ3n) is 6.80. The first-order valence-corrected chi connectivity index (χ1v) is 11.5. The Morgan fingerprint density at radius 2 is 1.55 bits per heavy atom. The van der Waals surface area contributed by atoms with Crippen molar-refractivity contribution < 1.29 is 28.7 Å². The fourth-order valence-electron chi connectivity index (χ4n) is 4.87. The van der Waals surface area contributed by atoms with Crippen LogP contribution in [0.2, 0.25) is 0 Å². The molecule has 1 saturated carbocycles. The van der Waals surface area contributed by atoms with Crippen LogP contribution in [0.15, 0.2) is 54.6 Å². The van der Waals surface area contributed by atoms with Crippen molar-refractivity contribution in [3.8, 4) is 0 Å². The summed E-state index contributed by atoms with van der Waals surface area (Å²) < 4.78 is 5.87. The highest BCUT2D eigenvalue weighted by Gasteiger charge is 2.48. The minimum Gasteiger partial charge on any atom is -0.457 e. The van der Waals surface area contributed by atoms with E-state index in [9.17, 15) is 19.5 Å². The van der Waals surface area contributed by atoms with Gasteiger partial charge in [-0.15, -0.1) is 0 Å². The molecule has 7 nitrogen and oxygen atoms in total. The zero-order valence-electron chi connectivity index (χ0n) is 19.2. The van der Waals surface area contributed by atoms with Crippen molar-refractivity contribution in [2.45, 2.75) is 31.3 Å². The van der Waals surface area contributed by atoms with Crippen LogP contribution >= 0.6 is 0 Å². The normalized spacial score (nSPS) is 18.3. The number of likely N-dealkylation sites (N-methyl/N-ethyl adjacent to an activating group) is 1. The van der Waals surface area contributed by atoms with Gasteiger partial charge in [0.1, 0.15) is 13.2 Å². The van der Waals surface area contributed by atoms with Crippen molar-refractivity contribution in [1.29, 1.82) is 0 Å². The maximum absolute atomic E-state index is 13.1. The van der Waals surface area contributed by atoms with E-state index in [1.807, 2.05) is 32.3 Å². The van der Waals surface area contributed by atoms with Crippen molar-refractivity contribution in [1.82, 2.24) is 4.90 Å². The molecule has 33 heavy (non-hydrogen) atoms. The summed E-state index contributed by atoms with van der Waals surface area (Å²) in [4.78, 5) is 39.7. The second kappa shape index (κ2) is 9.08. The Kier molecular flexibility index (Phi) is 6.36. The molecule has 1 N–H and O–H groups in total. The summed E-state index contributed by atoms with van der Waals surface area (Å²) in [5.41, 5.74) is -0.282. The number of rotatable bonds is 8. The Balaban J connectivity index is 1.40. The van der Waals surface area contributed by atoms with Gasteiger partial charge in [0.05, 0.1) is 25.2 Å². The van der Waals surface area contributed by atoms with Crippen LogP contribution in [-0.2, 0) is 15.1 Å². The first-order valence-electron chi connectivity index (χ1n) is 11.5. The van der Waals surface area contributed by atoms with Gasteiger partial charge in [0.25, 0.3) is 11.8 Å². The van der Waals surface area contributed by atoms with Crippen LogP contribution in [0, 0.1) is 5.92 Å². The van der Waals surface area contributed by atoms with Gasteiger partial charge in [0.2, 0.25) is 0 Å². The molecule has 7 heteroatoms. The SMILES string of the molecule is C[N+](C)(CCOC(=O)C(O)(c1ccccc1)C1CCCC1)CN1C(=O)c2ccccc2C1=O. The number of fused-ring (bicyclic) bond motifs is 1. The summed E-state index contributed by atoms with van der Waals surface area (Å²) in [5.74, 6) is -1.42. The molecule has 1 heterocycles. The van der Waals surface area contributed by atoms with Crippen molar-refractivity contribution in [2.24, 2.45) is 5.92 Å². The lowest BCUT2D eigenvalue weighted by Crippen LogP contribution is -2.52. The van der Waals surface area contributed by atoms with Gasteiger partial charge in [-0.3, -0.25) is 9.59 Å². The summed E-state index contributed by atoms with van der Waals surface area (Å²) >= 11 is 0. The molecule has 1 aliphatic heterocycles. The quantitative estimate of drug-likeness (QED) is 0.379. The highest BCUT2D eigenvalue weighted by atomic mass is 16.5. The molecule has 1 atom stereocenters. The molecule has 0 aromatic heterocycles. The Morgan fingerprint density at radius 3 is 2.12 bits per heavy atom. The van der Waals surface area contributed by atoms with Crippen molar-refractivity contribution in [3.63, 3.8) is 0 Å². The van der Waals surface area contributed by atoms with E-state index in [1.54, 1.807) is 36.4 Å². The second-order valence-corrected chi connectivity index (χ2v) is 9.63. The minimum absolute atomic E-state index is 0.0663. The summed E-state index contributed by atoms with van der Waals surface area (Å²) in [6, 6.07) is 15.8. The van der Waals surface area contributed by atoms with Crippen LogP contribution < -0.4 is 0 Å². The minimum atomic E-state index is -1.67. The maximum Gasteiger partial charge on any atom is 0.343 e. The number of carbonyl (C=O) groups is 3. The molecule has 0 saturated heterocycles. The number of esters is 1. The van der Waals surface area contributed by atoms with Crippen LogP contribution in [0.4, 0.5) is 0 Å². The number of nitrogens with zero attached hydrogens (tertiary/aromatic N) is 2. The van der Waals surface area contributed by atoms with E-state index in [-0.39, 0.29) is 35.5 Å². The highest BCUT2D eigenvalue weighted by Crippen LogP contribution is 2.41. The second-order valence-electron chi connectivity index (χ2n) is 9.63. The summed E-state index contributed by atoms with van der Waals surface area (Å²) in [7, 11) is 3.75. The summed E-state index contributed by atoms with van der Waals surface area (Å²) in [6.07, 6.45) is 3.53. The predicted octanol–water partition coefficient (Wildman–Crippen LogP) is 2.94. The van der Waals surface area contributed by atoms with E-state index in [0.29, 0.717) is 23.2 Å². The van der Waals surface area contributed by atoms with Gasteiger partial charge in [-0.2, -0.15) is 0 Å². The van der Waals surface area contributed by atoms with Gasteiger partial charge in [-0.05, 0) is 30.5 Å². The Bertz CT molecular complexity index is 1010. The van der Waals surface area contributed by atoms with E-state index in [1.165, 1.54) is 4.90 Å². The van der Waals surface area contributed by atoms with E-state index < -0.39 is 11.6 Å². The molecular formula is C26H31N2O5+. The predicted molar refractivity (Wildman–Crippen MR) is 122 cm³/mol. The number of aliphatic hydroxyl groups is 1. The number of benzene rings is 2. The molecule has 2 aromatic carbocycles. The average Bonchev–Trinajstić information content (AvgIpc) is 3.43. The molecule has 0 bridgehead atoms. The molecule has 1 unspecified atom stereocenters. The van der Waals surface area contributed by atoms with Crippen molar-refractivity contribution in [3.05, 3.63) is 71.3 Å². The topological polar surface area (TPSA) is 83.9 Å². The lowest BCUT2D eigenvalue weighted by Gasteiger charge is -2.34. The third-order valence-corrected chi connectivity index (χ3v) is 6.80. The molecule has 2 aliphatic rings. The number of imide groups is 1. The first kappa shape index (κ1) is 23.1. The summed E-state index contributed by atoms with van der Waals surface area (Å²) in [5, 5.41) is 11.5. The summed E-state index contributed by atoms with van der Waals surface area (Å²) in [6.45, 7) is 0.612. The largest absolute Gasteiger partial charge is 0.457 e. The van der Waals surface area contributed by atoms with Crippen molar-refractivity contribution in [2.75, 3.05) is 33.9 Å². The molecule has 0 radical (unpaired) electrons. The zero-order chi connectivity index (χ0) is 23.6. The van der Waals surface area contributed by atoms with Gasteiger partial charge < -0.3 is 14.3 Å². The van der Waals surface area contributed by atoms with Gasteiger partial charge in [0.15, 0.2) is 12.3 Å². The van der Waals surface area contributed by atoms with Crippen LogP contribution in [-0.4, -0.2) is 66.2 Å². The Labute approximate surface area is 194 Å². The van der Waals surface area contributed by atoms with Gasteiger partial charge in [-0.1, -0.05) is 55.3 Å². The molecule has 174 valence electrons. The van der Waals surface area contributed by atoms with E-state index in [2.05, 4.69) is 0 Å².